The van der Waals surface area contributed by atoms with Gasteiger partial charge in [0.15, 0.2) is 0 Å². The van der Waals surface area contributed by atoms with Crippen molar-refractivity contribution in [1.82, 2.24) is 5.32 Å². The summed E-state index contributed by atoms with van der Waals surface area (Å²) in [7, 11) is 0. The fraction of sp³-hybridized carbons (Fsp3) is 0.133. The monoisotopic (exact) mass is 559 g/mol. The zero-order valence-electron chi connectivity index (χ0n) is 21.2. The maximum Gasteiger partial charge on any atom is 0.335 e. The van der Waals surface area contributed by atoms with Crippen LogP contribution in [0, 0.1) is 11.7 Å². The van der Waals surface area contributed by atoms with E-state index >= 15 is 0 Å². The van der Waals surface area contributed by atoms with Gasteiger partial charge in [0.25, 0.3) is 11.8 Å². The Hall–Kier alpha value is -4.76. The van der Waals surface area contributed by atoms with Gasteiger partial charge in [-0.05, 0) is 79.2 Å². The van der Waals surface area contributed by atoms with Gasteiger partial charge in [-0.3, -0.25) is 9.59 Å². The first-order valence-corrected chi connectivity index (χ1v) is 12.7. The fourth-order valence-electron chi connectivity index (χ4n) is 4.34. The van der Waals surface area contributed by atoms with Crippen LogP contribution >= 0.6 is 11.6 Å². The highest BCUT2D eigenvalue weighted by Gasteiger charge is 2.35. The van der Waals surface area contributed by atoms with Gasteiger partial charge in [-0.15, -0.1) is 0 Å². The number of carboxylic acids is 1. The second kappa shape index (κ2) is 11.2. The number of hydrogen-bond acceptors (Lipinski definition) is 5. The number of nitrogens with one attached hydrogen (secondary N) is 1. The van der Waals surface area contributed by atoms with E-state index in [1.54, 1.807) is 61.5 Å². The maximum absolute atomic E-state index is 13.1. The van der Waals surface area contributed by atoms with Crippen LogP contribution in [0.25, 0.3) is 11.3 Å². The van der Waals surface area contributed by atoms with Crippen molar-refractivity contribution in [2.24, 2.45) is 11.0 Å². The Balaban J connectivity index is 1.27. The SMILES string of the molecule is CC1=NN(c2ccc(C(=O)O)cc2)C(=O)C1Cc1ccc(-c2ccc(Cl)c(C(=O)NCc3ccc(F)cc3)c2)o1. The van der Waals surface area contributed by atoms with Gasteiger partial charge in [0, 0.05) is 24.2 Å². The minimum absolute atomic E-state index is 0.117. The quantitative estimate of drug-likeness (QED) is 0.277. The summed E-state index contributed by atoms with van der Waals surface area (Å²) in [5.74, 6) is -1.52. The summed E-state index contributed by atoms with van der Waals surface area (Å²) < 4.78 is 19.2. The van der Waals surface area contributed by atoms with Crippen LogP contribution in [0.1, 0.15) is 39.0 Å². The van der Waals surface area contributed by atoms with Crippen LogP contribution < -0.4 is 10.3 Å². The number of carbonyl (C=O) groups is 3. The topological polar surface area (TPSA) is 112 Å². The summed E-state index contributed by atoms with van der Waals surface area (Å²) in [5, 5.41) is 17.8. The van der Waals surface area contributed by atoms with Crippen molar-refractivity contribution in [1.29, 1.82) is 0 Å². The molecule has 202 valence electrons. The number of benzene rings is 3. The maximum atomic E-state index is 13.1. The Kier molecular flexibility index (Phi) is 7.48. The lowest BCUT2D eigenvalue weighted by Crippen LogP contribution is -2.28. The van der Waals surface area contributed by atoms with Crippen molar-refractivity contribution < 1.29 is 28.3 Å². The van der Waals surface area contributed by atoms with Crippen molar-refractivity contribution in [3.05, 3.63) is 112 Å². The molecule has 0 saturated carbocycles. The van der Waals surface area contributed by atoms with Gasteiger partial charge < -0.3 is 14.8 Å². The van der Waals surface area contributed by atoms with E-state index in [4.69, 9.17) is 21.1 Å². The van der Waals surface area contributed by atoms with Gasteiger partial charge in [-0.2, -0.15) is 5.10 Å². The van der Waals surface area contributed by atoms with E-state index in [0.717, 1.165) is 5.56 Å². The van der Waals surface area contributed by atoms with Crippen molar-refractivity contribution in [3.63, 3.8) is 0 Å². The molecule has 2 heterocycles. The number of furan rings is 1. The van der Waals surface area contributed by atoms with Crippen molar-refractivity contribution in [2.75, 3.05) is 5.01 Å². The Bertz CT molecular complexity index is 1630. The fourth-order valence-corrected chi connectivity index (χ4v) is 4.55. The number of carboxylic acid groups (broad SMARTS) is 1. The minimum atomic E-state index is -1.05. The first-order chi connectivity index (χ1) is 19.2. The molecule has 1 unspecified atom stereocenters. The largest absolute Gasteiger partial charge is 0.478 e. The third-order valence-electron chi connectivity index (χ3n) is 6.56. The molecule has 2 N–H and O–H groups in total. The number of amides is 2. The molecular weight excluding hydrogens is 537 g/mol. The molecule has 3 aromatic carbocycles. The Morgan fingerprint density at radius 2 is 1.77 bits per heavy atom. The minimum Gasteiger partial charge on any atom is -0.478 e. The number of hydrogen-bond donors (Lipinski definition) is 2. The average molecular weight is 560 g/mol. The molecule has 40 heavy (non-hydrogen) atoms. The number of hydrazone groups is 1. The number of anilines is 1. The highest BCUT2D eigenvalue weighted by molar-refractivity contribution is 6.34. The van der Waals surface area contributed by atoms with Crippen LogP contribution in [0.5, 0.6) is 0 Å². The standard InChI is InChI=1S/C30H23ClFN3O5/c1-17-24(29(37)35(34-17)22-9-4-19(5-10-22)30(38)39)15-23-11-13-27(40-23)20-6-12-26(31)25(14-20)28(36)33-16-18-2-7-21(32)8-3-18/h2-14,24H,15-16H2,1H3,(H,33,36)(H,38,39). The van der Waals surface area contributed by atoms with E-state index in [1.807, 2.05) is 0 Å². The van der Waals surface area contributed by atoms with Crippen LogP contribution in [-0.2, 0) is 17.8 Å². The lowest BCUT2D eigenvalue weighted by molar-refractivity contribution is -0.119. The molecule has 0 saturated heterocycles. The number of aromatic carboxylic acids is 1. The normalized spacial score (nSPS) is 14.8. The predicted octanol–water partition coefficient (Wildman–Crippen LogP) is 5.95. The van der Waals surface area contributed by atoms with Gasteiger partial charge in [0.2, 0.25) is 0 Å². The van der Waals surface area contributed by atoms with Crippen LogP contribution in [0.4, 0.5) is 10.1 Å². The molecule has 0 bridgehead atoms. The molecule has 5 rings (SSSR count). The van der Waals surface area contributed by atoms with Crippen LogP contribution in [0.2, 0.25) is 5.02 Å². The molecule has 1 aliphatic rings. The molecule has 1 atom stereocenters. The first-order valence-electron chi connectivity index (χ1n) is 12.3. The summed E-state index contributed by atoms with van der Waals surface area (Å²) in [6.45, 7) is 1.97. The van der Waals surface area contributed by atoms with Gasteiger partial charge in [0.1, 0.15) is 17.3 Å². The molecule has 0 aliphatic carbocycles. The average Bonchev–Trinajstić information content (AvgIpc) is 3.53. The summed E-state index contributed by atoms with van der Waals surface area (Å²) in [5.41, 5.74) is 2.84. The van der Waals surface area contributed by atoms with Crippen LogP contribution in [0.3, 0.4) is 0 Å². The number of carbonyl (C=O) groups excluding carboxylic acids is 2. The third kappa shape index (κ3) is 5.64. The molecule has 2 amide bonds. The second-order valence-electron chi connectivity index (χ2n) is 9.27. The van der Waals surface area contributed by atoms with Crippen molar-refractivity contribution >= 4 is 40.8 Å². The Morgan fingerprint density at radius 3 is 2.48 bits per heavy atom. The highest BCUT2D eigenvalue weighted by Crippen LogP contribution is 2.30. The first kappa shape index (κ1) is 26.8. The van der Waals surface area contributed by atoms with Gasteiger partial charge >= 0.3 is 5.97 Å². The highest BCUT2D eigenvalue weighted by atomic mass is 35.5. The van der Waals surface area contributed by atoms with Gasteiger partial charge in [-0.1, -0.05) is 23.7 Å². The molecule has 0 radical (unpaired) electrons. The number of nitrogens with zero attached hydrogens (tertiary/aromatic N) is 2. The van der Waals surface area contributed by atoms with Crippen molar-refractivity contribution in [2.45, 2.75) is 19.9 Å². The van der Waals surface area contributed by atoms with Crippen LogP contribution in [-0.4, -0.2) is 28.6 Å². The molecule has 1 aliphatic heterocycles. The van der Waals surface area contributed by atoms with Gasteiger partial charge in [-0.25, -0.2) is 14.2 Å². The lowest BCUT2D eigenvalue weighted by atomic mass is 9.99. The molecular formula is C30H23ClFN3O5. The van der Waals surface area contributed by atoms with E-state index in [2.05, 4.69) is 10.4 Å². The van der Waals surface area contributed by atoms with E-state index < -0.39 is 11.9 Å². The lowest BCUT2D eigenvalue weighted by Gasteiger charge is -2.14. The molecule has 4 aromatic rings. The zero-order valence-corrected chi connectivity index (χ0v) is 22.0. The van der Waals surface area contributed by atoms with E-state index in [-0.39, 0.29) is 46.7 Å². The summed E-state index contributed by atoms with van der Waals surface area (Å²) >= 11 is 6.29. The Labute approximate surface area is 233 Å². The molecule has 10 heteroatoms. The summed E-state index contributed by atoms with van der Waals surface area (Å²) in [6.07, 6.45) is 0.274. The molecule has 0 spiro atoms. The van der Waals surface area contributed by atoms with Crippen molar-refractivity contribution in [3.8, 4) is 11.3 Å². The van der Waals surface area contributed by atoms with Crippen LogP contribution in [0.15, 0.2) is 88.4 Å². The van der Waals surface area contributed by atoms with E-state index in [9.17, 15) is 18.8 Å². The Morgan fingerprint density at radius 1 is 1.05 bits per heavy atom. The number of halogens is 2. The number of rotatable bonds is 8. The molecule has 8 nitrogen and oxygen atoms in total. The summed E-state index contributed by atoms with van der Waals surface area (Å²) in [4.78, 5) is 37.1. The summed E-state index contributed by atoms with van der Waals surface area (Å²) in [6, 6.07) is 20.3. The van der Waals surface area contributed by atoms with E-state index in [0.29, 0.717) is 28.5 Å². The smallest absolute Gasteiger partial charge is 0.335 e. The second-order valence-corrected chi connectivity index (χ2v) is 9.68. The van der Waals surface area contributed by atoms with Gasteiger partial charge in [0.05, 0.1) is 27.8 Å². The third-order valence-corrected chi connectivity index (χ3v) is 6.89. The van der Waals surface area contributed by atoms with E-state index in [1.165, 1.54) is 29.3 Å². The molecule has 1 aromatic heterocycles. The predicted molar refractivity (Wildman–Crippen MR) is 148 cm³/mol. The zero-order chi connectivity index (χ0) is 28.4. The molecule has 0 fully saturated rings.